The molecule has 5 nitrogen and oxygen atoms in total. The summed E-state index contributed by atoms with van der Waals surface area (Å²) in [7, 11) is 0. The monoisotopic (exact) mass is 318 g/mol. The van der Waals surface area contributed by atoms with E-state index in [2.05, 4.69) is 10.1 Å². The van der Waals surface area contributed by atoms with Gasteiger partial charge in [-0.15, -0.1) is 11.8 Å². The number of aromatic nitrogens is 3. The van der Waals surface area contributed by atoms with Crippen molar-refractivity contribution < 1.29 is 0 Å². The van der Waals surface area contributed by atoms with Crippen LogP contribution in [0.3, 0.4) is 0 Å². The van der Waals surface area contributed by atoms with Gasteiger partial charge in [-0.1, -0.05) is 17.4 Å². The van der Waals surface area contributed by atoms with Crippen LogP contribution >= 0.6 is 23.1 Å². The summed E-state index contributed by atoms with van der Waals surface area (Å²) in [6.45, 7) is 3.82. The molecule has 2 heterocycles. The molecule has 0 saturated carbocycles. The second kappa shape index (κ2) is 5.50. The topological polar surface area (TPSA) is 73.3 Å². The van der Waals surface area contributed by atoms with E-state index in [1.54, 1.807) is 11.8 Å². The van der Waals surface area contributed by atoms with Crippen molar-refractivity contribution >= 4 is 33.7 Å². The van der Waals surface area contributed by atoms with Crippen LogP contribution in [0.5, 0.6) is 0 Å². The molecule has 0 bridgehead atoms. The fourth-order valence-electron chi connectivity index (χ4n) is 1.95. The van der Waals surface area contributed by atoms with E-state index in [4.69, 9.17) is 5.73 Å². The Kier molecular flexibility index (Phi) is 3.69. The van der Waals surface area contributed by atoms with Crippen LogP contribution in [0.15, 0.2) is 34.0 Å². The van der Waals surface area contributed by atoms with Gasteiger partial charge in [0.15, 0.2) is 0 Å². The van der Waals surface area contributed by atoms with Crippen molar-refractivity contribution in [2.45, 2.75) is 24.5 Å². The van der Waals surface area contributed by atoms with Crippen LogP contribution in [0.2, 0.25) is 0 Å². The van der Waals surface area contributed by atoms with Gasteiger partial charge < -0.3 is 5.73 Å². The highest BCUT2D eigenvalue weighted by molar-refractivity contribution is 7.98. The summed E-state index contributed by atoms with van der Waals surface area (Å²) in [5.74, 6) is 0.691. The van der Waals surface area contributed by atoms with E-state index in [0.29, 0.717) is 10.7 Å². The molecular weight excluding hydrogens is 304 g/mol. The molecule has 0 spiro atoms. The Labute approximate surface area is 129 Å². The molecule has 0 unspecified atom stereocenters. The summed E-state index contributed by atoms with van der Waals surface area (Å²) < 4.78 is 1.36. The zero-order valence-electron chi connectivity index (χ0n) is 11.7. The highest BCUT2D eigenvalue weighted by atomic mass is 32.2. The molecule has 3 aromatic rings. The lowest BCUT2D eigenvalue weighted by molar-refractivity contribution is 0.870. The molecule has 108 valence electrons. The molecule has 2 N–H and O–H groups in total. The Morgan fingerprint density at radius 2 is 2.19 bits per heavy atom. The maximum absolute atomic E-state index is 11.8. The van der Waals surface area contributed by atoms with Crippen molar-refractivity contribution in [1.29, 1.82) is 0 Å². The third kappa shape index (κ3) is 2.79. The minimum atomic E-state index is -0.134. The van der Waals surface area contributed by atoms with Gasteiger partial charge >= 0.3 is 0 Å². The number of fused-ring (bicyclic) bond motifs is 1. The molecule has 2 aromatic heterocycles. The van der Waals surface area contributed by atoms with E-state index in [0.717, 1.165) is 26.8 Å². The smallest absolute Gasteiger partial charge is 0.275 e. The van der Waals surface area contributed by atoms with E-state index in [1.165, 1.54) is 21.9 Å². The molecule has 3 rings (SSSR count). The molecule has 0 fully saturated rings. The Morgan fingerprint density at radius 3 is 3.00 bits per heavy atom. The quantitative estimate of drug-likeness (QED) is 0.593. The third-order valence-electron chi connectivity index (χ3n) is 3.09. The number of nitrogens with two attached hydrogens (primary N) is 1. The first-order chi connectivity index (χ1) is 10.0. The van der Waals surface area contributed by atoms with Gasteiger partial charge in [-0.25, -0.2) is 4.98 Å². The molecule has 0 saturated heterocycles. The number of anilines is 1. The maximum atomic E-state index is 11.8. The van der Waals surface area contributed by atoms with Crippen LogP contribution in [0, 0.1) is 13.8 Å². The first-order valence-electron chi connectivity index (χ1n) is 6.39. The summed E-state index contributed by atoms with van der Waals surface area (Å²) >= 11 is 3.11. The van der Waals surface area contributed by atoms with Crippen molar-refractivity contribution in [3.8, 4) is 0 Å². The number of hydrogen-bond acceptors (Lipinski definition) is 6. The van der Waals surface area contributed by atoms with Gasteiger partial charge in [0, 0.05) is 22.3 Å². The summed E-state index contributed by atoms with van der Waals surface area (Å²) in [6.07, 6.45) is 0. The zero-order chi connectivity index (χ0) is 15.0. The van der Waals surface area contributed by atoms with Crippen molar-refractivity contribution in [1.82, 2.24) is 14.6 Å². The predicted octanol–water partition coefficient (Wildman–Crippen LogP) is 2.64. The molecule has 0 aliphatic heterocycles. The Hall–Kier alpha value is -1.86. The SMILES string of the molecule is Cc1cc(=O)n2nc(CSc3cccc(N)c3C)sc2n1. The summed E-state index contributed by atoms with van der Waals surface area (Å²) in [5, 5.41) is 5.20. The van der Waals surface area contributed by atoms with Crippen LogP contribution in [0.4, 0.5) is 5.69 Å². The lowest BCUT2D eigenvalue weighted by Gasteiger charge is -2.06. The zero-order valence-corrected chi connectivity index (χ0v) is 13.3. The Balaban J connectivity index is 1.87. The number of benzene rings is 1. The number of nitrogens with zero attached hydrogens (tertiary/aromatic N) is 3. The van der Waals surface area contributed by atoms with E-state index in [1.807, 2.05) is 32.0 Å². The van der Waals surface area contributed by atoms with Crippen molar-refractivity contribution in [2.24, 2.45) is 0 Å². The molecule has 0 radical (unpaired) electrons. The van der Waals surface area contributed by atoms with Gasteiger partial charge in [0.1, 0.15) is 5.01 Å². The number of thioether (sulfide) groups is 1. The van der Waals surface area contributed by atoms with Crippen LogP contribution in [-0.4, -0.2) is 14.6 Å². The molecule has 7 heteroatoms. The maximum Gasteiger partial charge on any atom is 0.275 e. The second-order valence-corrected chi connectivity index (χ2v) is 6.74. The minimum Gasteiger partial charge on any atom is -0.398 e. The molecular formula is C14H14N4OS2. The standard InChI is InChI=1S/C14H14N4OS2/c1-8-6-13(19)18-14(16-8)21-12(17-18)7-20-11-5-3-4-10(15)9(11)2/h3-6H,7,15H2,1-2H3. The fourth-order valence-corrected chi connectivity index (χ4v) is 3.94. The molecule has 21 heavy (non-hydrogen) atoms. The van der Waals surface area contributed by atoms with Gasteiger partial charge in [0.2, 0.25) is 4.96 Å². The first-order valence-corrected chi connectivity index (χ1v) is 8.19. The first kappa shape index (κ1) is 14.1. The van der Waals surface area contributed by atoms with Crippen molar-refractivity contribution in [3.05, 3.63) is 50.9 Å². The largest absolute Gasteiger partial charge is 0.398 e. The third-order valence-corrected chi connectivity index (χ3v) is 5.35. The van der Waals surface area contributed by atoms with Crippen LogP contribution < -0.4 is 11.3 Å². The second-order valence-electron chi connectivity index (χ2n) is 4.68. The predicted molar refractivity (Wildman–Crippen MR) is 87.0 cm³/mol. The average molecular weight is 318 g/mol. The Bertz CT molecular complexity index is 869. The van der Waals surface area contributed by atoms with Crippen LogP contribution in [0.25, 0.3) is 4.96 Å². The average Bonchev–Trinajstić information content (AvgIpc) is 2.83. The van der Waals surface area contributed by atoms with Gasteiger partial charge in [0.25, 0.3) is 5.56 Å². The summed E-state index contributed by atoms with van der Waals surface area (Å²) in [4.78, 5) is 17.9. The number of aryl methyl sites for hydroxylation is 1. The number of rotatable bonds is 3. The van der Waals surface area contributed by atoms with E-state index in [9.17, 15) is 4.79 Å². The molecule has 0 aliphatic rings. The van der Waals surface area contributed by atoms with Crippen LogP contribution in [0.1, 0.15) is 16.3 Å². The molecule has 0 aliphatic carbocycles. The van der Waals surface area contributed by atoms with Gasteiger partial charge in [0.05, 0.1) is 5.75 Å². The lowest BCUT2D eigenvalue weighted by Crippen LogP contribution is -2.14. The summed E-state index contributed by atoms with van der Waals surface area (Å²) in [6, 6.07) is 7.37. The van der Waals surface area contributed by atoms with E-state index < -0.39 is 0 Å². The van der Waals surface area contributed by atoms with Gasteiger partial charge in [-0.3, -0.25) is 4.79 Å². The number of nitrogen functional groups attached to an aromatic ring is 1. The van der Waals surface area contributed by atoms with E-state index in [-0.39, 0.29) is 5.56 Å². The Morgan fingerprint density at radius 1 is 1.38 bits per heavy atom. The highest BCUT2D eigenvalue weighted by Crippen LogP contribution is 2.29. The fraction of sp³-hybridized carbons (Fsp3) is 0.214. The van der Waals surface area contributed by atoms with Gasteiger partial charge in [-0.2, -0.15) is 9.61 Å². The van der Waals surface area contributed by atoms with Crippen LogP contribution in [-0.2, 0) is 5.75 Å². The van der Waals surface area contributed by atoms with Crippen molar-refractivity contribution in [2.75, 3.05) is 5.73 Å². The van der Waals surface area contributed by atoms with Gasteiger partial charge in [-0.05, 0) is 31.5 Å². The molecule has 1 aromatic carbocycles. The van der Waals surface area contributed by atoms with Crippen molar-refractivity contribution in [3.63, 3.8) is 0 Å². The summed E-state index contributed by atoms with van der Waals surface area (Å²) in [5.41, 5.74) is 8.36. The lowest BCUT2D eigenvalue weighted by atomic mass is 10.2. The highest BCUT2D eigenvalue weighted by Gasteiger charge is 2.09. The number of hydrogen-bond donors (Lipinski definition) is 1. The van der Waals surface area contributed by atoms with E-state index >= 15 is 0 Å². The normalized spacial score (nSPS) is 11.1. The minimum absolute atomic E-state index is 0.134. The molecule has 0 atom stereocenters. The molecule has 0 amide bonds.